The molecule has 100 valence electrons. The maximum Gasteiger partial charge on any atom is 0.0424 e. The standard InChI is InChI=1S/C16H17Cl2N/c1-12(14-5-3-2-4-6-14)10-19-11-13-7-15(17)9-16(18)8-13/h2-9,12,19H,10-11H2,1H3. The van der Waals surface area contributed by atoms with E-state index < -0.39 is 0 Å². The fourth-order valence-electron chi connectivity index (χ4n) is 2.05. The molecule has 2 aromatic carbocycles. The van der Waals surface area contributed by atoms with Crippen LogP contribution in [0.5, 0.6) is 0 Å². The minimum atomic E-state index is 0.482. The molecule has 0 amide bonds. The summed E-state index contributed by atoms with van der Waals surface area (Å²) in [5.41, 5.74) is 2.46. The van der Waals surface area contributed by atoms with Crippen LogP contribution in [0.2, 0.25) is 10.0 Å². The molecule has 0 saturated heterocycles. The Bertz CT molecular complexity index is 505. The van der Waals surface area contributed by atoms with Crippen LogP contribution in [0.4, 0.5) is 0 Å². The molecule has 0 spiro atoms. The highest BCUT2D eigenvalue weighted by molar-refractivity contribution is 6.34. The third kappa shape index (κ3) is 4.54. The lowest BCUT2D eigenvalue weighted by atomic mass is 10.0. The molecule has 0 aliphatic carbocycles. The molecular formula is C16H17Cl2N. The molecule has 0 radical (unpaired) electrons. The van der Waals surface area contributed by atoms with E-state index in [9.17, 15) is 0 Å². The van der Waals surface area contributed by atoms with Gasteiger partial charge in [0.1, 0.15) is 0 Å². The number of halogens is 2. The highest BCUT2D eigenvalue weighted by atomic mass is 35.5. The molecule has 1 nitrogen and oxygen atoms in total. The van der Waals surface area contributed by atoms with Gasteiger partial charge in [-0.25, -0.2) is 0 Å². The predicted molar refractivity (Wildman–Crippen MR) is 83.0 cm³/mol. The van der Waals surface area contributed by atoms with Crippen LogP contribution in [0.25, 0.3) is 0 Å². The van der Waals surface area contributed by atoms with Crippen molar-refractivity contribution < 1.29 is 0 Å². The lowest BCUT2D eigenvalue weighted by Gasteiger charge is -2.13. The zero-order valence-corrected chi connectivity index (χ0v) is 12.4. The molecule has 19 heavy (non-hydrogen) atoms. The Morgan fingerprint density at radius 2 is 1.63 bits per heavy atom. The summed E-state index contributed by atoms with van der Waals surface area (Å²) in [6, 6.07) is 16.1. The summed E-state index contributed by atoms with van der Waals surface area (Å²) in [6.45, 7) is 3.92. The van der Waals surface area contributed by atoms with Gasteiger partial charge in [-0.3, -0.25) is 0 Å². The number of nitrogens with one attached hydrogen (secondary N) is 1. The Kier molecular flexibility index (Phi) is 5.26. The van der Waals surface area contributed by atoms with Crippen LogP contribution in [-0.4, -0.2) is 6.54 Å². The summed E-state index contributed by atoms with van der Waals surface area (Å²) in [5.74, 6) is 0.482. The van der Waals surface area contributed by atoms with Crippen molar-refractivity contribution in [3.63, 3.8) is 0 Å². The molecular weight excluding hydrogens is 277 g/mol. The Balaban J connectivity index is 1.86. The molecule has 0 aliphatic rings. The first-order valence-electron chi connectivity index (χ1n) is 6.36. The van der Waals surface area contributed by atoms with Gasteiger partial charge in [0.05, 0.1) is 0 Å². The monoisotopic (exact) mass is 293 g/mol. The maximum atomic E-state index is 5.98. The van der Waals surface area contributed by atoms with E-state index in [0.29, 0.717) is 16.0 Å². The van der Waals surface area contributed by atoms with Crippen LogP contribution in [0, 0.1) is 0 Å². The van der Waals surface area contributed by atoms with E-state index in [0.717, 1.165) is 18.7 Å². The quantitative estimate of drug-likeness (QED) is 0.828. The fourth-order valence-corrected chi connectivity index (χ4v) is 2.62. The van der Waals surface area contributed by atoms with Gasteiger partial charge in [-0.1, -0.05) is 60.5 Å². The van der Waals surface area contributed by atoms with Crippen LogP contribution in [0.3, 0.4) is 0 Å². The molecule has 1 unspecified atom stereocenters. The number of rotatable bonds is 5. The van der Waals surface area contributed by atoms with E-state index in [1.165, 1.54) is 5.56 Å². The van der Waals surface area contributed by atoms with Crippen LogP contribution < -0.4 is 5.32 Å². The Morgan fingerprint density at radius 3 is 2.26 bits per heavy atom. The predicted octanol–water partition coefficient (Wildman–Crippen LogP) is 4.89. The van der Waals surface area contributed by atoms with Crippen molar-refractivity contribution in [2.75, 3.05) is 6.54 Å². The minimum absolute atomic E-state index is 0.482. The average molecular weight is 294 g/mol. The van der Waals surface area contributed by atoms with E-state index in [4.69, 9.17) is 23.2 Å². The molecule has 1 N–H and O–H groups in total. The van der Waals surface area contributed by atoms with Crippen molar-refractivity contribution in [2.45, 2.75) is 19.4 Å². The minimum Gasteiger partial charge on any atom is -0.312 e. The van der Waals surface area contributed by atoms with E-state index in [2.05, 4.69) is 36.5 Å². The van der Waals surface area contributed by atoms with Gasteiger partial charge in [0, 0.05) is 23.1 Å². The lowest BCUT2D eigenvalue weighted by molar-refractivity contribution is 0.615. The number of hydrogen-bond acceptors (Lipinski definition) is 1. The first-order chi connectivity index (χ1) is 9.15. The van der Waals surface area contributed by atoms with Gasteiger partial charge < -0.3 is 5.32 Å². The summed E-state index contributed by atoms with van der Waals surface area (Å²) < 4.78 is 0. The maximum absolute atomic E-state index is 5.98. The first-order valence-corrected chi connectivity index (χ1v) is 7.11. The SMILES string of the molecule is CC(CNCc1cc(Cl)cc(Cl)c1)c1ccccc1. The van der Waals surface area contributed by atoms with Crippen molar-refractivity contribution in [2.24, 2.45) is 0 Å². The van der Waals surface area contributed by atoms with E-state index >= 15 is 0 Å². The highest BCUT2D eigenvalue weighted by Gasteiger charge is 2.04. The molecule has 0 aliphatic heterocycles. The molecule has 3 heteroatoms. The molecule has 0 saturated carbocycles. The molecule has 0 aromatic heterocycles. The van der Waals surface area contributed by atoms with Crippen molar-refractivity contribution in [1.29, 1.82) is 0 Å². The summed E-state index contributed by atoms with van der Waals surface area (Å²) in [4.78, 5) is 0. The van der Waals surface area contributed by atoms with E-state index in [1.54, 1.807) is 6.07 Å². The fraction of sp³-hybridized carbons (Fsp3) is 0.250. The van der Waals surface area contributed by atoms with E-state index in [1.807, 2.05) is 18.2 Å². The largest absolute Gasteiger partial charge is 0.312 e. The second kappa shape index (κ2) is 6.95. The van der Waals surface area contributed by atoms with Crippen LogP contribution in [0.15, 0.2) is 48.5 Å². The van der Waals surface area contributed by atoms with Crippen LogP contribution >= 0.6 is 23.2 Å². The lowest BCUT2D eigenvalue weighted by Crippen LogP contribution is -2.19. The van der Waals surface area contributed by atoms with Crippen LogP contribution in [0.1, 0.15) is 24.0 Å². The highest BCUT2D eigenvalue weighted by Crippen LogP contribution is 2.19. The molecule has 0 fully saturated rings. The van der Waals surface area contributed by atoms with Crippen molar-refractivity contribution in [1.82, 2.24) is 5.32 Å². The Hall–Kier alpha value is -1.02. The van der Waals surface area contributed by atoms with Gasteiger partial charge in [0.25, 0.3) is 0 Å². The summed E-state index contributed by atoms with van der Waals surface area (Å²) in [7, 11) is 0. The van der Waals surface area contributed by atoms with Gasteiger partial charge >= 0.3 is 0 Å². The summed E-state index contributed by atoms with van der Waals surface area (Å²) in [6.07, 6.45) is 0. The third-order valence-electron chi connectivity index (χ3n) is 3.07. The van der Waals surface area contributed by atoms with Gasteiger partial charge in [-0.2, -0.15) is 0 Å². The molecule has 1 atom stereocenters. The topological polar surface area (TPSA) is 12.0 Å². The molecule has 2 aromatic rings. The van der Waals surface area contributed by atoms with Crippen molar-refractivity contribution in [3.05, 3.63) is 69.7 Å². The second-order valence-electron chi connectivity index (χ2n) is 4.72. The van der Waals surface area contributed by atoms with Gasteiger partial charge in [-0.05, 0) is 35.2 Å². The normalized spacial score (nSPS) is 12.4. The van der Waals surface area contributed by atoms with Gasteiger partial charge in [0.2, 0.25) is 0 Å². The van der Waals surface area contributed by atoms with Crippen LogP contribution in [-0.2, 0) is 6.54 Å². The van der Waals surface area contributed by atoms with Gasteiger partial charge in [0.15, 0.2) is 0 Å². The van der Waals surface area contributed by atoms with Crippen molar-refractivity contribution >= 4 is 23.2 Å². The Labute approximate surface area is 124 Å². The average Bonchev–Trinajstić information content (AvgIpc) is 2.38. The van der Waals surface area contributed by atoms with Crippen molar-refractivity contribution in [3.8, 4) is 0 Å². The number of hydrogen-bond donors (Lipinski definition) is 1. The molecule has 2 rings (SSSR count). The smallest absolute Gasteiger partial charge is 0.0424 e. The third-order valence-corrected chi connectivity index (χ3v) is 3.51. The summed E-state index contributed by atoms with van der Waals surface area (Å²) >= 11 is 12.0. The zero-order valence-electron chi connectivity index (χ0n) is 10.9. The molecule has 0 bridgehead atoms. The second-order valence-corrected chi connectivity index (χ2v) is 5.59. The zero-order chi connectivity index (χ0) is 13.7. The van der Waals surface area contributed by atoms with E-state index in [-0.39, 0.29) is 0 Å². The molecule has 0 heterocycles. The van der Waals surface area contributed by atoms with Gasteiger partial charge in [-0.15, -0.1) is 0 Å². The summed E-state index contributed by atoms with van der Waals surface area (Å²) in [5, 5.41) is 4.80. The number of benzene rings is 2. The Morgan fingerprint density at radius 1 is 1.00 bits per heavy atom. The first kappa shape index (κ1) is 14.4.